The molecule has 6 nitrogen and oxygen atoms in total. The molecule has 0 spiro atoms. The van der Waals surface area contributed by atoms with Gasteiger partial charge in [-0.1, -0.05) is 26.7 Å². The lowest BCUT2D eigenvalue weighted by molar-refractivity contribution is -0.148. The molecule has 1 rings (SSSR count). The molecule has 1 amide bonds. The van der Waals surface area contributed by atoms with Gasteiger partial charge in [-0.2, -0.15) is 0 Å². The van der Waals surface area contributed by atoms with Gasteiger partial charge in [0, 0.05) is 6.54 Å². The first-order valence-corrected chi connectivity index (χ1v) is 7.02. The van der Waals surface area contributed by atoms with Gasteiger partial charge in [-0.15, -0.1) is 0 Å². The summed E-state index contributed by atoms with van der Waals surface area (Å²) in [6, 6.07) is 0. The number of carboxylic acids is 1. The number of carbonyl (C=O) groups excluding carboxylic acids is 2. The molecule has 0 aromatic heterocycles. The minimum atomic E-state index is -0.941. The molecule has 0 aliphatic heterocycles. The lowest BCUT2D eigenvalue weighted by Crippen LogP contribution is -2.40. The van der Waals surface area contributed by atoms with Gasteiger partial charge in [0.1, 0.15) is 6.54 Å². The molecule has 0 aromatic carbocycles. The highest BCUT2D eigenvalue weighted by Crippen LogP contribution is 2.40. The first kappa shape index (κ1) is 16.5. The molecule has 2 unspecified atom stereocenters. The van der Waals surface area contributed by atoms with E-state index in [1.165, 1.54) is 12.0 Å². The first-order valence-electron chi connectivity index (χ1n) is 7.02. The second kappa shape index (κ2) is 7.26. The van der Waals surface area contributed by atoms with Gasteiger partial charge in [0.25, 0.3) is 0 Å². The molecule has 1 saturated carbocycles. The minimum Gasteiger partial charge on any atom is -0.481 e. The van der Waals surface area contributed by atoms with Crippen molar-refractivity contribution in [1.29, 1.82) is 0 Å². The Bertz CT molecular complexity index is 378. The van der Waals surface area contributed by atoms with E-state index >= 15 is 0 Å². The molecule has 1 aliphatic carbocycles. The zero-order valence-electron chi connectivity index (χ0n) is 12.3. The third kappa shape index (κ3) is 4.21. The van der Waals surface area contributed by atoms with E-state index in [-0.39, 0.29) is 12.5 Å². The Morgan fingerprint density at radius 2 is 1.85 bits per heavy atom. The van der Waals surface area contributed by atoms with Gasteiger partial charge < -0.3 is 14.7 Å². The molecule has 0 radical (unpaired) electrons. The summed E-state index contributed by atoms with van der Waals surface area (Å²) >= 11 is 0. The van der Waals surface area contributed by atoms with Crippen LogP contribution in [0, 0.1) is 17.8 Å². The second-order valence-electron chi connectivity index (χ2n) is 5.26. The van der Waals surface area contributed by atoms with E-state index in [1.54, 1.807) is 0 Å². The van der Waals surface area contributed by atoms with Crippen LogP contribution in [-0.2, 0) is 19.1 Å². The summed E-state index contributed by atoms with van der Waals surface area (Å²) in [6.45, 7) is 4.44. The van der Waals surface area contributed by atoms with Crippen molar-refractivity contribution in [2.45, 2.75) is 33.1 Å². The van der Waals surface area contributed by atoms with E-state index in [2.05, 4.69) is 4.74 Å². The number of methoxy groups -OCH3 is 1. The number of hydrogen-bond acceptors (Lipinski definition) is 4. The van der Waals surface area contributed by atoms with Gasteiger partial charge in [0.15, 0.2) is 0 Å². The monoisotopic (exact) mass is 285 g/mol. The highest BCUT2D eigenvalue weighted by atomic mass is 16.5. The Morgan fingerprint density at radius 3 is 2.25 bits per heavy atom. The lowest BCUT2D eigenvalue weighted by atomic mass is 10.0. The molecule has 6 heteroatoms. The van der Waals surface area contributed by atoms with Crippen LogP contribution in [0.2, 0.25) is 0 Å². The lowest BCUT2D eigenvalue weighted by Gasteiger charge is -2.26. The topological polar surface area (TPSA) is 83.9 Å². The van der Waals surface area contributed by atoms with Crippen molar-refractivity contribution in [1.82, 2.24) is 4.90 Å². The van der Waals surface area contributed by atoms with E-state index in [9.17, 15) is 14.4 Å². The van der Waals surface area contributed by atoms with Crippen LogP contribution in [0.4, 0.5) is 0 Å². The molecule has 1 aliphatic rings. The van der Waals surface area contributed by atoms with E-state index < -0.39 is 23.8 Å². The van der Waals surface area contributed by atoms with E-state index in [1.807, 2.05) is 13.8 Å². The van der Waals surface area contributed by atoms with Crippen molar-refractivity contribution in [2.24, 2.45) is 17.8 Å². The van der Waals surface area contributed by atoms with Crippen LogP contribution in [0.15, 0.2) is 0 Å². The summed E-state index contributed by atoms with van der Waals surface area (Å²) in [5.41, 5.74) is 0. The van der Waals surface area contributed by atoms with Crippen LogP contribution in [0.3, 0.4) is 0 Å². The molecular formula is C14H23NO5. The summed E-state index contributed by atoms with van der Waals surface area (Å²) in [5, 5.41) is 8.89. The molecular weight excluding hydrogens is 262 g/mol. The fraction of sp³-hybridized carbons (Fsp3) is 0.786. The fourth-order valence-electron chi connectivity index (χ4n) is 2.29. The summed E-state index contributed by atoms with van der Waals surface area (Å²) in [7, 11) is 1.28. The van der Waals surface area contributed by atoms with Crippen molar-refractivity contribution in [3.8, 4) is 0 Å². The molecule has 1 fully saturated rings. The number of rotatable bonds is 8. The van der Waals surface area contributed by atoms with Crippen molar-refractivity contribution in [3.63, 3.8) is 0 Å². The molecule has 0 aromatic rings. The SMILES string of the molecule is CCC(CC)CN(CC(=O)OC)C(=O)C1CC1C(=O)O. The predicted molar refractivity (Wildman–Crippen MR) is 71.9 cm³/mol. The van der Waals surface area contributed by atoms with Crippen molar-refractivity contribution >= 4 is 17.8 Å². The number of aliphatic carboxylic acids is 1. The number of ether oxygens (including phenoxy) is 1. The molecule has 0 saturated heterocycles. The van der Waals surface area contributed by atoms with Gasteiger partial charge in [-0.3, -0.25) is 14.4 Å². The van der Waals surface area contributed by atoms with E-state index in [0.717, 1.165) is 12.8 Å². The van der Waals surface area contributed by atoms with Crippen molar-refractivity contribution in [3.05, 3.63) is 0 Å². The minimum absolute atomic E-state index is 0.103. The van der Waals surface area contributed by atoms with Crippen LogP contribution < -0.4 is 0 Å². The maximum Gasteiger partial charge on any atom is 0.325 e. The van der Waals surface area contributed by atoms with E-state index in [4.69, 9.17) is 5.11 Å². The molecule has 20 heavy (non-hydrogen) atoms. The largest absolute Gasteiger partial charge is 0.481 e. The van der Waals surface area contributed by atoms with Crippen LogP contribution in [0.1, 0.15) is 33.1 Å². The number of esters is 1. The van der Waals surface area contributed by atoms with Gasteiger partial charge in [-0.25, -0.2) is 0 Å². The van der Waals surface area contributed by atoms with Crippen molar-refractivity contribution in [2.75, 3.05) is 20.2 Å². The van der Waals surface area contributed by atoms with Gasteiger partial charge in [-0.05, 0) is 12.3 Å². The molecule has 0 bridgehead atoms. The number of amides is 1. The highest BCUT2D eigenvalue weighted by Gasteiger charge is 2.50. The quantitative estimate of drug-likeness (QED) is 0.676. The standard InChI is InChI=1S/C14H23NO5/c1-4-9(5-2)7-15(8-12(16)20-3)13(17)10-6-11(10)14(18)19/h9-11H,4-8H2,1-3H3,(H,18,19). The Kier molecular flexibility index (Phi) is 5.98. The molecule has 1 N–H and O–H groups in total. The van der Waals surface area contributed by atoms with Gasteiger partial charge >= 0.3 is 11.9 Å². The van der Waals surface area contributed by atoms with E-state index in [0.29, 0.717) is 18.9 Å². The highest BCUT2D eigenvalue weighted by molar-refractivity contribution is 5.91. The third-order valence-electron chi connectivity index (χ3n) is 3.92. The number of hydrogen-bond donors (Lipinski definition) is 1. The van der Waals surface area contributed by atoms with Crippen molar-refractivity contribution < 1.29 is 24.2 Å². The average molecular weight is 285 g/mol. The normalized spacial score (nSPS) is 20.6. The van der Waals surface area contributed by atoms with Crippen LogP contribution in [-0.4, -0.2) is 48.1 Å². The summed E-state index contributed by atoms with van der Waals surface area (Å²) in [4.78, 5) is 36.0. The average Bonchev–Trinajstić information content (AvgIpc) is 3.22. The number of nitrogens with zero attached hydrogens (tertiary/aromatic N) is 1. The Morgan fingerprint density at radius 1 is 1.25 bits per heavy atom. The van der Waals surface area contributed by atoms with Gasteiger partial charge in [0.05, 0.1) is 18.9 Å². The predicted octanol–water partition coefficient (Wildman–Crippen LogP) is 1.14. The van der Waals surface area contributed by atoms with Crippen LogP contribution in [0.5, 0.6) is 0 Å². The van der Waals surface area contributed by atoms with Crippen LogP contribution >= 0.6 is 0 Å². The summed E-state index contributed by atoms with van der Waals surface area (Å²) < 4.78 is 4.61. The van der Waals surface area contributed by atoms with Gasteiger partial charge in [0.2, 0.25) is 5.91 Å². The Balaban J connectivity index is 2.69. The zero-order valence-corrected chi connectivity index (χ0v) is 12.3. The Labute approximate surface area is 119 Å². The fourth-order valence-corrected chi connectivity index (χ4v) is 2.29. The Hall–Kier alpha value is -1.59. The first-order chi connectivity index (χ1) is 9.44. The smallest absolute Gasteiger partial charge is 0.325 e. The molecule has 114 valence electrons. The van der Waals surface area contributed by atoms with Crippen LogP contribution in [0.25, 0.3) is 0 Å². The summed E-state index contributed by atoms with van der Waals surface area (Å²) in [6.07, 6.45) is 2.19. The third-order valence-corrected chi connectivity index (χ3v) is 3.92. The zero-order chi connectivity index (χ0) is 15.3. The summed E-state index contributed by atoms with van der Waals surface area (Å²) in [5.74, 6) is -2.42. The number of carboxylic acid groups (broad SMARTS) is 1. The second-order valence-corrected chi connectivity index (χ2v) is 5.26. The number of carbonyl (C=O) groups is 3. The molecule has 2 atom stereocenters. The maximum absolute atomic E-state index is 12.3. The maximum atomic E-state index is 12.3. The molecule has 0 heterocycles.